The Balaban J connectivity index is 1.85. The molecule has 0 aliphatic carbocycles. The van der Waals surface area contributed by atoms with Gasteiger partial charge in [0, 0.05) is 23.7 Å². The first-order chi connectivity index (χ1) is 11.0. The van der Waals surface area contributed by atoms with Gasteiger partial charge in [0.15, 0.2) is 0 Å². The second-order valence-corrected chi connectivity index (χ2v) is 6.36. The average Bonchev–Trinajstić information content (AvgIpc) is 2.55. The van der Waals surface area contributed by atoms with Gasteiger partial charge in [0.25, 0.3) is 5.69 Å². The molecule has 0 atom stereocenters. The summed E-state index contributed by atoms with van der Waals surface area (Å²) in [6, 6.07) is 6.04. The Morgan fingerprint density at radius 2 is 2.09 bits per heavy atom. The SMILES string of the molecule is COc1ccc([N+](=O)[O-])c(CCNC2CCN(C(C)C)CC2)c1. The van der Waals surface area contributed by atoms with Crippen molar-refractivity contribution in [3.63, 3.8) is 0 Å². The normalized spacial score (nSPS) is 16.7. The van der Waals surface area contributed by atoms with E-state index in [0.29, 0.717) is 24.3 Å². The summed E-state index contributed by atoms with van der Waals surface area (Å²) in [6.45, 7) is 7.45. The largest absolute Gasteiger partial charge is 0.497 e. The molecule has 23 heavy (non-hydrogen) atoms. The van der Waals surface area contributed by atoms with E-state index in [9.17, 15) is 10.1 Å². The number of likely N-dealkylation sites (tertiary alicyclic amines) is 1. The second kappa shape index (κ2) is 8.26. The summed E-state index contributed by atoms with van der Waals surface area (Å²) in [5.74, 6) is 0.663. The summed E-state index contributed by atoms with van der Waals surface area (Å²) < 4.78 is 5.17. The van der Waals surface area contributed by atoms with Crippen LogP contribution in [0.15, 0.2) is 18.2 Å². The molecule has 1 saturated heterocycles. The standard InChI is InChI=1S/C17H27N3O3/c1-13(2)19-10-7-15(8-11-19)18-9-6-14-12-16(23-3)4-5-17(14)20(21)22/h4-5,12-13,15,18H,6-11H2,1-3H3. The van der Waals surface area contributed by atoms with Crippen LogP contribution in [0.1, 0.15) is 32.3 Å². The molecule has 1 fully saturated rings. The fraction of sp³-hybridized carbons (Fsp3) is 0.647. The summed E-state index contributed by atoms with van der Waals surface area (Å²) in [6.07, 6.45) is 2.91. The van der Waals surface area contributed by atoms with Gasteiger partial charge in [-0.2, -0.15) is 0 Å². The number of nitro benzene ring substituents is 1. The minimum atomic E-state index is -0.324. The van der Waals surface area contributed by atoms with Crippen molar-refractivity contribution in [2.75, 3.05) is 26.7 Å². The molecule has 0 amide bonds. The zero-order valence-corrected chi connectivity index (χ0v) is 14.2. The van der Waals surface area contributed by atoms with E-state index in [1.165, 1.54) is 6.07 Å². The van der Waals surface area contributed by atoms with Gasteiger partial charge < -0.3 is 15.0 Å². The molecule has 0 radical (unpaired) electrons. The fourth-order valence-corrected chi connectivity index (χ4v) is 3.10. The highest BCUT2D eigenvalue weighted by atomic mass is 16.6. The van der Waals surface area contributed by atoms with Crippen molar-refractivity contribution in [2.24, 2.45) is 0 Å². The molecule has 0 spiro atoms. The molecular formula is C17H27N3O3. The maximum atomic E-state index is 11.1. The van der Waals surface area contributed by atoms with Gasteiger partial charge in [0.2, 0.25) is 0 Å². The van der Waals surface area contributed by atoms with Crippen LogP contribution in [-0.2, 0) is 6.42 Å². The lowest BCUT2D eigenvalue weighted by Crippen LogP contribution is -2.45. The maximum Gasteiger partial charge on any atom is 0.272 e. The molecule has 6 heteroatoms. The summed E-state index contributed by atoms with van der Waals surface area (Å²) >= 11 is 0. The molecule has 1 N–H and O–H groups in total. The van der Waals surface area contributed by atoms with Crippen LogP contribution in [0, 0.1) is 10.1 Å². The van der Waals surface area contributed by atoms with Crippen LogP contribution in [-0.4, -0.2) is 48.7 Å². The van der Waals surface area contributed by atoms with E-state index >= 15 is 0 Å². The van der Waals surface area contributed by atoms with Gasteiger partial charge in [-0.1, -0.05) is 0 Å². The van der Waals surface area contributed by atoms with Gasteiger partial charge in [-0.05, 0) is 64.9 Å². The van der Waals surface area contributed by atoms with E-state index in [-0.39, 0.29) is 10.6 Å². The Labute approximate surface area is 138 Å². The molecule has 0 bridgehead atoms. The molecule has 0 unspecified atom stereocenters. The predicted octanol–water partition coefficient (Wildman–Crippen LogP) is 2.61. The lowest BCUT2D eigenvalue weighted by molar-refractivity contribution is -0.385. The predicted molar refractivity (Wildman–Crippen MR) is 91.1 cm³/mol. The van der Waals surface area contributed by atoms with Gasteiger partial charge in [0.05, 0.1) is 12.0 Å². The second-order valence-electron chi connectivity index (χ2n) is 6.36. The molecular weight excluding hydrogens is 294 g/mol. The molecule has 2 rings (SSSR count). The number of ether oxygens (including phenoxy) is 1. The number of rotatable bonds is 7. The first-order valence-electron chi connectivity index (χ1n) is 8.30. The van der Waals surface area contributed by atoms with E-state index in [0.717, 1.165) is 38.0 Å². The average molecular weight is 321 g/mol. The number of methoxy groups -OCH3 is 1. The van der Waals surface area contributed by atoms with Crippen LogP contribution >= 0.6 is 0 Å². The van der Waals surface area contributed by atoms with Crippen LogP contribution < -0.4 is 10.1 Å². The third-order valence-corrected chi connectivity index (χ3v) is 4.57. The quantitative estimate of drug-likeness (QED) is 0.617. The van der Waals surface area contributed by atoms with Crippen LogP contribution in [0.25, 0.3) is 0 Å². The van der Waals surface area contributed by atoms with Gasteiger partial charge in [-0.3, -0.25) is 10.1 Å². The van der Waals surface area contributed by atoms with Crippen LogP contribution in [0.5, 0.6) is 5.75 Å². The zero-order chi connectivity index (χ0) is 16.8. The highest BCUT2D eigenvalue weighted by Crippen LogP contribution is 2.24. The number of piperidine rings is 1. The highest BCUT2D eigenvalue weighted by Gasteiger charge is 2.20. The summed E-state index contributed by atoms with van der Waals surface area (Å²) in [4.78, 5) is 13.3. The van der Waals surface area contributed by atoms with E-state index < -0.39 is 0 Å². The third kappa shape index (κ3) is 4.91. The fourth-order valence-electron chi connectivity index (χ4n) is 3.10. The zero-order valence-electron chi connectivity index (χ0n) is 14.2. The minimum absolute atomic E-state index is 0.169. The minimum Gasteiger partial charge on any atom is -0.497 e. The summed E-state index contributed by atoms with van der Waals surface area (Å²) in [5, 5.41) is 14.7. The van der Waals surface area contributed by atoms with E-state index in [4.69, 9.17) is 4.74 Å². The number of nitrogens with zero attached hydrogens (tertiary/aromatic N) is 2. The van der Waals surface area contributed by atoms with Gasteiger partial charge >= 0.3 is 0 Å². The monoisotopic (exact) mass is 321 g/mol. The summed E-state index contributed by atoms with van der Waals surface area (Å²) in [7, 11) is 1.58. The third-order valence-electron chi connectivity index (χ3n) is 4.57. The number of hydrogen-bond acceptors (Lipinski definition) is 5. The Morgan fingerprint density at radius 3 is 2.65 bits per heavy atom. The Bertz CT molecular complexity index is 526. The van der Waals surface area contributed by atoms with Crippen molar-refractivity contribution in [1.29, 1.82) is 0 Å². The molecule has 1 aliphatic heterocycles. The first kappa shape index (κ1) is 17.7. The van der Waals surface area contributed by atoms with Gasteiger partial charge in [-0.25, -0.2) is 0 Å². The smallest absolute Gasteiger partial charge is 0.272 e. The van der Waals surface area contributed by atoms with Gasteiger partial charge in [-0.15, -0.1) is 0 Å². The van der Waals surface area contributed by atoms with Crippen molar-refractivity contribution in [2.45, 2.75) is 45.2 Å². The highest BCUT2D eigenvalue weighted by molar-refractivity contribution is 5.45. The maximum absolute atomic E-state index is 11.1. The molecule has 128 valence electrons. The van der Waals surface area contributed by atoms with Crippen molar-refractivity contribution in [3.05, 3.63) is 33.9 Å². The molecule has 1 heterocycles. The van der Waals surface area contributed by atoms with Crippen molar-refractivity contribution < 1.29 is 9.66 Å². The lowest BCUT2D eigenvalue weighted by atomic mass is 10.0. The van der Waals surface area contributed by atoms with E-state index in [1.54, 1.807) is 19.2 Å². The van der Waals surface area contributed by atoms with Crippen LogP contribution in [0.4, 0.5) is 5.69 Å². The summed E-state index contributed by atoms with van der Waals surface area (Å²) in [5.41, 5.74) is 0.892. The van der Waals surface area contributed by atoms with Crippen molar-refractivity contribution in [3.8, 4) is 5.75 Å². The topological polar surface area (TPSA) is 67.6 Å². The van der Waals surface area contributed by atoms with Crippen LogP contribution in [0.3, 0.4) is 0 Å². The number of hydrogen-bond donors (Lipinski definition) is 1. The molecule has 0 saturated carbocycles. The molecule has 1 aromatic rings. The molecule has 6 nitrogen and oxygen atoms in total. The van der Waals surface area contributed by atoms with Crippen LogP contribution in [0.2, 0.25) is 0 Å². The Kier molecular flexibility index (Phi) is 6.36. The Hall–Kier alpha value is -1.66. The first-order valence-corrected chi connectivity index (χ1v) is 8.30. The lowest BCUT2D eigenvalue weighted by Gasteiger charge is -2.35. The molecule has 1 aliphatic rings. The number of nitrogens with one attached hydrogen (secondary N) is 1. The van der Waals surface area contributed by atoms with E-state index in [2.05, 4.69) is 24.1 Å². The van der Waals surface area contributed by atoms with Gasteiger partial charge in [0.1, 0.15) is 5.75 Å². The molecule has 0 aromatic heterocycles. The Morgan fingerprint density at radius 1 is 1.39 bits per heavy atom. The molecule has 1 aromatic carbocycles. The van der Waals surface area contributed by atoms with Crippen molar-refractivity contribution >= 4 is 5.69 Å². The van der Waals surface area contributed by atoms with Crippen molar-refractivity contribution in [1.82, 2.24) is 10.2 Å². The number of benzene rings is 1. The van der Waals surface area contributed by atoms with E-state index in [1.807, 2.05) is 0 Å². The number of nitro groups is 1.